The van der Waals surface area contributed by atoms with Crippen molar-refractivity contribution in [3.8, 4) is 0 Å². The van der Waals surface area contributed by atoms with Crippen LogP contribution in [0.15, 0.2) is 24.3 Å². The first-order chi connectivity index (χ1) is 10.1. The predicted octanol–water partition coefficient (Wildman–Crippen LogP) is 2.80. The van der Waals surface area contributed by atoms with E-state index in [0.29, 0.717) is 12.6 Å². The molecule has 1 aliphatic heterocycles. The first-order valence-corrected chi connectivity index (χ1v) is 7.39. The second-order valence-corrected chi connectivity index (χ2v) is 5.35. The van der Waals surface area contributed by atoms with Gasteiger partial charge < -0.3 is 5.32 Å². The zero-order valence-electron chi connectivity index (χ0n) is 12.2. The van der Waals surface area contributed by atoms with E-state index in [2.05, 4.69) is 17.1 Å². The number of nitro benzene ring substituents is 1. The number of carbonyl (C=O) groups excluding carboxylic acids is 1. The molecule has 1 fully saturated rings. The summed E-state index contributed by atoms with van der Waals surface area (Å²) in [5.74, 6) is -0.190. The molecule has 1 N–H and O–H groups in total. The van der Waals surface area contributed by atoms with Crippen LogP contribution in [0.3, 0.4) is 0 Å². The summed E-state index contributed by atoms with van der Waals surface area (Å²) in [4.78, 5) is 24.8. The van der Waals surface area contributed by atoms with E-state index in [1.165, 1.54) is 12.5 Å². The zero-order valence-corrected chi connectivity index (χ0v) is 12.2. The molecule has 114 valence electrons. The van der Waals surface area contributed by atoms with Gasteiger partial charge in [-0.3, -0.25) is 19.8 Å². The Morgan fingerprint density at radius 3 is 2.90 bits per heavy atom. The van der Waals surface area contributed by atoms with Crippen LogP contribution >= 0.6 is 0 Å². The zero-order chi connectivity index (χ0) is 15.2. The van der Waals surface area contributed by atoms with Crippen LogP contribution in [0, 0.1) is 10.1 Å². The van der Waals surface area contributed by atoms with Crippen molar-refractivity contribution in [3.05, 3.63) is 34.4 Å². The molecule has 1 heterocycles. The average Bonchev–Trinajstić information content (AvgIpc) is 2.48. The minimum atomic E-state index is -0.481. The normalized spacial score (nSPS) is 19.2. The van der Waals surface area contributed by atoms with E-state index in [1.54, 1.807) is 18.2 Å². The number of benzene rings is 1. The third kappa shape index (κ3) is 4.01. The summed E-state index contributed by atoms with van der Waals surface area (Å²) in [5.41, 5.74) is 0.189. The Kier molecular flexibility index (Phi) is 5.27. The Morgan fingerprint density at radius 1 is 1.43 bits per heavy atom. The molecule has 1 aromatic carbocycles. The van der Waals surface area contributed by atoms with Crippen molar-refractivity contribution in [2.24, 2.45) is 0 Å². The molecule has 6 heteroatoms. The van der Waals surface area contributed by atoms with E-state index in [1.807, 2.05) is 0 Å². The maximum absolute atomic E-state index is 12.1. The predicted molar refractivity (Wildman–Crippen MR) is 81.2 cm³/mol. The third-order valence-electron chi connectivity index (χ3n) is 3.94. The van der Waals surface area contributed by atoms with E-state index in [9.17, 15) is 14.9 Å². The molecule has 0 spiro atoms. The summed E-state index contributed by atoms with van der Waals surface area (Å²) in [6.45, 7) is 3.34. The standard InChI is InChI=1S/C15H21N3O3/c1-2-12-7-5-6-10-17(12)11-15(19)16-13-8-3-4-9-14(13)18(20)21/h3-4,8-9,12H,2,5-7,10-11H2,1H3,(H,16,19). The van der Waals surface area contributed by atoms with Crippen molar-refractivity contribution in [2.45, 2.75) is 38.6 Å². The molecule has 0 saturated carbocycles. The molecule has 1 aliphatic rings. The van der Waals surface area contributed by atoms with Gasteiger partial charge in [0.05, 0.1) is 11.5 Å². The fraction of sp³-hybridized carbons (Fsp3) is 0.533. The van der Waals surface area contributed by atoms with Gasteiger partial charge >= 0.3 is 0 Å². The first-order valence-electron chi connectivity index (χ1n) is 7.39. The topological polar surface area (TPSA) is 75.5 Å². The van der Waals surface area contributed by atoms with E-state index in [4.69, 9.17) is 0 Å². The Hall–Kier alpha value is -1.95. The summed E-state index contributed by atoms with van der Waals surface area (Å²) in [6.07, 6.45) is 4.46. The summed E-state index contributed by atoms with van der Waals surface area (Å²) in [6, 6.07) is 6.66. The fourth-order valence-corrected chi connectivity index (χ4v) is 2.84. The van der Waals surface area contributed by atoms with Crippen LogP contribution in [0.4, 0.5) is 11.4 Å². The molecule has 0 radical (unpaired) electrons. The number of hydrogen-bond acceptors (Lipinski definition) is 4. The van der Waals surface area contributed by atoms with E-state index in [-0.39, 0.29) is 17.3 Å². The highest BCUT2D eigenvalue weighted by Crippen LogP contribution is 2.24. The van der Waals surface area contributed by atoms with Crippen LogP contribution in [-0.4, -0.2) is 34.9 Å². The lowest BCUT2D eigenvalue weighted by atomic mass is 10.00. The van der Waals surface area contributed by atoms with Gasteiger partial charge in [-0.15, -0.1) is 0 Å². The van der Waals surface area contributed by atoms with Gasteiger partial charge in [-0.1, -0.05) is 25.5 Å². The fourth-order valence-electron chi connectivity index (χ4n) is 2.84. The minimum Gasteiger partial charge on any atom is -0.319 e. The summed E-state index contributed by atoms with van der Waals surface area (Å²) < 4.78 is 0. The van der Waals surface area contributed by atoms with Crippen LogP contribution < -0.4 is 5.32 Å². The van der Waals surface area contributed by atoms with Gasteiger partial charge in [-0.05, 0) is 31.9 Å². The lowest BCUT2D eigenvalue weighted by molar-refractivity contribution is -0.383. The lowest BCUT2D eigenvalue weighted by Crippen LogP contribution is -2.43. The van der Waals surface area contributed by atoms with Crippen LogP contribution in [0.25, 0.3) is 0 Å². The van der Waals surface area contributed by atoms with Gasteiger partial charge in [0.1, 0.15) is 5.69 Å². The quantitative estimate of drug-likeness (QED) is 0.668. The highest BCUT2D eigenvalue weighted by atomic mass is 16.6. The van der Waals surface area contributed by atoms with Gasteiger partial charge in [-0.2, -0.15) is 0 Å². The number of para-hydroxylation sites is 2. The van der Waals surface area contributed by atoms with Crippen LogP contribution in [-0.2, 0) is 4.79 Å². The van der Waals surface area contributed by atoms with Crippen molar-refractivity contribution in [3.63, 3.8) is 0 Å². The summed E-state index contributed by atoms with van der Waals surface area (Å²) >= 11 is 0. The molecule has 1 unspecified atom stereocenters. The molecule has 21 heavy (non-hydrogen) atoms. The van der Waals surface area contributed by atoms with Crippen molar-refractivity contribution in [1.82, 2.24) is 4.90 Å². The SMILES string of the molecule is CCC1CCCCN1CC(=O)Nc1ccccc1[N+](=O)[O-]. The Labute approximate surface area is 124 Å². The molecule has 0 bridgehead atoms. The number of likely N-dealkylation sites (tertiary alicyclic amines) is 1. The summed E-state index contributed by atoms with van der Waals surface area (Å²) in [5, 5.41) is 13.6. The number of nitrogens with zero attached hydrogens (tertiary/aromatic N) is 2. The molecular formula is C15H21N3O3. The Balaban J connectivity index is 2.00. The minimum absolute atomic E-state index is 0.0727. The van der Waals surface area contributed by atoms with Gasteiger partial charge in [-0.25, -0.2) is 0 Å². The van der Waals surface area contributed by atoms with Crippen molar-refractivity contribution in [2.75, 3.05) is 18.4 Å². The molecule has 2 rings (SSSR count). The van der Waals surface area contributed by atoms with E-state index < -0.39 is 4.92 Å². The van der Waals surface area contributed by atoms with Crippen LogP contribution in [0.5, 0.6) is 0 Å². The number of carbonyl (C=O) groups is 1. The monoisotopic (exact) mass is 291 g/mol. The number of hydrogen-bond donors (Lipinski definition) is 1. The van der Waals surface area contributed by atoms with Gasteiger partial charge in [0, 0.05) is 12.1 Å². The smallest absolute Gasteiger partial charge is 0.292 e. The molecule has 0 aliphatic carbocycles. The van der Waals surface area contributed by atoms with E-state index >= 15 is 0 Å². The van der Waals surface area contributed by atoms with Crippen LogP contribution in [0.1, 0.15) is 32.6 Å². The Morgan fingerprint density at radius 2 is 2.19 bits per heavy atom. The largest absolute Gasteiger partial charge is 0.319 e. The first kappa shape index (κ1) is 15.4. The molecule has 1 amide bonds. The number of nitrogens with one attached hydrogen (secondary N) is 1. The van der Waals surface area contributed by atoms with Crippen LogP contribution in [0.2, 0.25) is 0 Å². The Bertz CT molecular complexity index is 519. The highest BCUT2D eigenvalue weighted by molar-refractivity contribution is 5.94. The van der Waals surface area contributed by atoms with Crippen molar-refractivity contribution < 1.29 is 9.72 Å². The molecular weight excluding hydrogens is 270 g/mol. The number of piperidine rings is 1. The lowest BCUT2D eigenvalue weighted by Gasteiger charge is -2.34. The number of anilines is 1. The van der Waals surface area contributed by atoms with Gasteiger partial charge in [0.15, 0.2) is 0 Å². The molecule has 6 nitrogen and oxygen atoms in total. The molecule has 1 atom stereocenters. The molecule has 1 aromatic rings. The third-order valence-corrected chi connectivity index (χ3v) is 3.94. The van der Waals surface area contributed by atoms with E-state index in [0.717, 1.165) is 25.8 Å². The number of amides is 1. The summed E-state index contributed by atoms with van der Waals surface area (Å²) in [7, 11) is 0. The van der Waals surface area contributed by atoms with Gasteiger partial charge in [0.25, 0.3) is 5.69 Å². The number of rotatable bonds is 5. The maximum atomic E-state index is 12.1. The second-order valence-electron chi connectivity index (χ2n) is 5.35. The molecule has 1 saturated heterocycles. The second kappa shape index (κ2) is 7.17. The maximum Gasteiger partial charge on any atom is 0.292 e. The van der Waals surface area contributed by atoms with Crippen molar-refractivity contribution in [1.29, 1.82) is 0 Å². The average molecular weight is 291 g/mol. The van der Waals surface area contributed by atoms with Gasteiger partial charge in [0.2, 0.25) is 5.91 Å². The highest BCUT2D eigenvalue weighted by Gasteiger charge is 2.23. The van der Waals surface area contributed by atoms with Crippen molar-refractivity contribution >= 4 is 17.3 Å². The number of nitro groups is 1. The molecule has 0 aromatic heterocycles.